The van der Waals surface area contributed by atoms with Crippen LogP contribution in [-0.2, 0) is 43.5 Å². The van der Waals surface area contributed by atoms with Crippen molar-refractivity contribution in [2.75, 3.05) is 6.61 Å². The maximum atomic E-state index is 14.6. The molecule has 0 aromatic heterocycles. The second-order valence-corrected chi connectivity index (χ2v) is 12.2. The number of halogens is 5. The van der Waals surface area contributed by atoms with E-state index in [9.17, 15) is 22.0 Å². The highest BCUT2D eigenvalue weighted by Crippen LogP contribution is 2.34. The molecular weight excluding hydrogens is 719 g/mol. The van der Waals surface area contributed by atoms with Crippen LogP contribution in [0, 0.1) is 29.1 Å². The summed E-state index contributed by atoms with van der Waals surface area (Å²) in [7, 11) is 0. The number of rotatable bonds is 14. The molecular formula is C40H33F5O7S. The monoisotopic (exact) mass is 752 g/mol. The average Bonchev–Trinajstić information content (AvgIpc) is 3.19. The van der Waals surface area contributed by atoms with Gasteiger partial charge in [0.05, 0.1) is 26.4 Å². The quantitative estimate of drug-likeness (QED) is 0.0484. The van der Waals surface area contributed by atoms with Crippen molar-refractivity contribution in [1.29, 1.82) is 0 Å². The van der Waals surface area contributed by atoms with Crippen LogP contribution in [0.1, 0.15) is 16.7 Å². The Hall–Kier alpha value is -4.92. The van der Waals surface area contributed by atoms with E-state index in [0.717, 1.165) is 16.7 Å². The molecule has 0 saturated carbocycles. The van der Waals surface area contributed by atoms with Crippen molar-refractivity contribution in [1.82, 2.24) is 0 Å². The van der Waals surface area contributed by atoms with Gasteiger partial charge in [-0.05, 0) is 28.8 Å². The lowest BCUT2D eigenvalue weighted by molar-refractivity contribution is -0.297. The molecule has 0 N–H and O–H groups in total. The summed E-state index contributed by atoms with van der Waals surface area (Å²) in [4.78, 5) is 0. The van der Waals surface area contributed by atoms with E-state index in [1.165, 1.54) is 0 Å². The van der Waals surface area contributed by atoms with Crippen molar-refractivity contribution < 1.29 is 55.1 Å². The van der Waals surface area contributed by atoms with Crippen molar-refractivity contribution in [2.45, 2.75) is 50.5 Å². The van der Waals surface area contributed by atoms with Gasteiger partial charge in [0.25, 0.3) is 0 Å². The predicted molar refractivity (Wildman–Crippen MR) is 186 cm³/mol. The normalized spacial score (nSPS) is 19.8. The van der Waals surface area contributed by atoms with Gasteiger partial charge in [-0.2, -0.15) is 8.78 Å². The molecule has 0 unspecified atom stereocenters. The van der Waals surface area contributed by atoms with Crippen molar-refractivity contribution in [2.24, 2.45) is 0 Å². The molecule has 5 aromatic carbocycles. The zero-order chi connectivity index (χ0) is 37.2. The molecule has 0 bridgehead atoms. The molecule has 276 valence electrons. The van der Waals surface area contributed by atoms with E-state index >= 15 is 0 Å². The number of ether oxygens (including phenoxy) is 7. The molecule has 1 aliphatic rings. The fourth-order valence-corrected chi connectivity index (χ4v) is 5.74. The first-order chi connectivity index (χ1) is 25.8. The van der Waals surface area contributed by atoms with Gasteiger partial charge in [-0.25, -0.2) is 13.2 Å². The Bertz CT molecular complexity index is 1900. The molecule has 6 rings (SSSR count). The summed E-state index contributed by atoms with van der Waals surface area (Å²) in [6.07, 6.45) is -5.71. The van der Waals surface area contributed by atoms with Gasteiger partial charge >= 0.3 is 5.24 Å². The summed E-state index contributed by atoms with van der Waals surface area (Å²) in [6.45, 7) is 0.354. The average molecular weight is 753 g/mol. The molecule has 1 fully saturated rings. The summed E-state index contributed by atoms with van der Waals surface area (Å²) in [5.74, 6) is -12.6. The van der Waals surface area contributed by atoms with Gasteiger partial charge in [0, 0.05) is 12.2 Å². The molecule has 0 spiro atoms. The first-order valence-corrected chi connectivity index (χ1v) is 16.9. The minimum atomic E-state index is -2.36. The molecule has 1 saturated heterocycles. The molecule has 0 amide bonds. The fourth-order valence-electron chi connectivity index (χ4n) is 5.55. The lowest BCUT2D eigenvalue weighted by atomic mass is 9.98. The third kappa shape index (κ3) is 9.75. The Labute approximate surface area is 307 Å². The van der Waals surface area contributed by atoms with Crippen LogP contribution in [0.3, 0.4) is 0 Å². The molecule has 0 aliphatic carbocycles. The largest absolute Gasteiger partial charge is 0.461 e. The number of benzene rings is 5. The second-order valence-electron chi connectivity index (χ2n) is 11.8. The van der Waals surface area contributed by atoms with Crippen LogP contribution in [-0.4, -0.2) is 42.5 Å². The van der Waals surface area contributed by atoms with Crippen LogP contribution in [0.15, 0.2) is 121 Å². The van der Waals surface area contributed by atoms with Gasteiger partial charge in [0.15, 0.2) is 6.10 Å². The first-order valence-electron chi connectivity index (χ1n) is 16.5. The van der Waals surface area contributed by atoms with E-state index in [1.807, 2.05) is 91.0 Å². The summed E-state index contributed by atoms with van der Waals surface area (Å²) >= 11 is 5.19. The summed E-state index contributed by atoms with van der Waals surface area (Å²) in [5.41, 5.74) is 2.51. The van der Waals surface area contributed by atoms with Crippen LogP contribution >= 0.6 is 12.2 Å². The van der Waals surface area contributed by atoms with Gasteiger partial charge in [-0.1, -0.05) is 109 Å². The lowest BCUT2D eigenvalue weighted by Gasteiger charge is -2.45. The highest BCUT2D eigenvalue weighted by atomic mass is 32.1. The van der Waals surface area contributed by atoms with Crippen molar-refractivity contribution in [3.05, 3.63) is 167 Å². The molecule has 1 heterocycles. The van der Waals surface area contributed by atoms with E-state index in [2.05, 4.69) is 0 Å². The smallest absolute Gasteiger partial charge is 0.358 e. The zero-order valence-electron chi connectivity index (χ0n) is 27.9. The second kappa shape index (κ2) is 18.2. The maximum absolute atomic E-state index is 14.6. The number of para-hydroxylation sites is 1. The van der Waals surface area contributed by atoms with Crippen molar-refractivity contribution in [3.8, 4) is 11.5 Å². The van der Waals surface area contributed by atoms with E-state index in [-0.39, 0.29) is 26.4 Å². The van der Waals surface area contributed by atoms with Gasteiger partial charge in [-0.3, -0.25) is 0 Å². The van der Waals surface area contributed by atoms with Crippen LogP contribution < -0.4 is 9.47 Å². The van der Waals surface area contributed by atoms with Crippen LogP contribution in [0.5, 0.6) is 11.5 Å². The van der Waals surface area contributed by atoms with Crippen LogP contribution in [0.4, 0.5) is 22.0 Å². The Balaban J connectivity index is 1.35. The van der Waals surface area contributed by atoms with Crippen molar-refractivity contribution in [3.63, 3.8) is 0 Å². The third-order valence-corrected chi connectivity index (χ3v) is 8.32. The van der Waals surface area contributed by atoms with Gasteiger partial charge in [0.2, 0.25) is 41.1 Å². The highest BCUT2D eigenvalue weighted by molar-refractivity contribution is 7.79. The SMILES string of the molecule is Fc1c(F)c(F)c(OC(=S)O[C@H]2[C@H](Oc3ccccc3)O[C@H](COCc3ccccc3)[C@@H](OCc3ccccc3)[C@@H]2OCc2ccccc2)c(F)c1F. The van der Waals surface area contributed by atoms with Gasteiger partial charge in [0.1, 0.15) is 24.1 Å². The summed E-state index contributed by atoms with van der Waals surface area (Å²) < 4.78 is 114. The van der Waals surface area contributed by atoms with E-state index in [0.29, 0.717) is 5.75 Å². The minimum absolute atomic E-state index is 0.00752. The van der Waals surface area contributed by atoms with Crippen LogP contribution in [0.2, 0.25) is 0 Å². The Kier molecular flexibility index (Phi) is 13.0. The Morgan fingerprint density at radius 3 is 1.53 bits per heavy atom. The first kappa shape index (κ1) is 37.8. The number of hydrogen-bond donors (Lipinski definition) is 0. The fraction of sp³-hybridized carbons (Fsp3) is 0.225. The summed E-state index contributed by atoms with van der Waals surface area (Å²) in [6, 6.07) is 36.5. The third-order valence-electron chi connectivity index (χ3n) is 8.14. The number of thiocarbonyl (C=S) groups is 1. The van der Waals surface area contributed by atoms with E-state index in [4.69, 9.17) is 45.4 Å². The molecule has 5 aromatic rings. The molecule has 0 radical (unpaired) electrons. The van der Waals surface area contributed by atoms with Gasteiger partial charge < -0.3 is 33.2 Å². The van der Waals surface area contributed by atoms with Crippen LogP contribution in [0.25, 0.3) is 0 Å². The van der Waals surface area contributed by atoms with Crippen molar-refractivity contribution >= 4 is 17.5 Å². The predicted octanol–water partition coefficient (Wildman–Crippen LogP) is 8.62. The number of hydrogen-bond acceptors (Lipinski definition) is 8. The topological polar surface area (TPSA) is 64.6 Å². The van der Waals surface area contributed by atoms with E-state index < -0.39 is 70.8 Å². The lowest BCUT2D eigenvalue weighted by Crippen LogP contribution is -2.63. The Morgan fingerprint density at radius 1 is 0.547 bits per heavy atom. The molecule has 7 nitrogen and oxygen atoms in total. The summed E-state index contributed by atoms with van der Waals surface area (Å²) in [5, 5.41) is -1.00. The maximum Gasteiger partial charge on any atom is 0.358 e. The molecule has 13 heteroatoms. The molecule has 1 aliphatic heterocycles. The Morgan fingerprint density at radius 2 is 1.00 bits per heavy atom. The molecule has 5 atom stereocenters. The highest BCUT2D eigenvalue weighted by Gasteiger charge is 2.51. The van der Waals surface area contributed by atoms with E-state index in [1.54, 1.807) is 30.3 Å². The zero-order valence-corrected chi connectivity index (χ0v) is 28.7. The standard InChI is InChI=1S/C40H33F5O7S/c41-30-31(42)33(44)36(34(45)32(30)43)51-40(53)52-38-37(48-23-27-17-9-3-10-18-27)35(47-22-26-15-7-2-8-16-26)29(24-46-21-25-13-5-1-6-14-25)50-39(38)49-28-19-11-4-12-20-28/h1-20,29,35,37-39H,21-24H2/t29-,35-,37+,38-,39-/m1/s1. The van der Waals surface area contributed by atoms with Gasteiger partial charge in [-0.15, -0.1) is 0 Å². The molecule has 53 heavy (non-hydrogen) atoms. The minimum Gasteiger partial charge on any atom is -0.461 e.